The molecule has 0 radical (unpaired) electrons. The van der Waals surface area contributed by atoms with Crippen molar-refractivity contribution in [1.82, 2.24) is 14.8 Å². The quantitative estimate of drug-likeness (QED) is 0.639. The van der Waals surface area contributed by atoms with Gasteiger partial charge in [-0.1, -0.05) is 5.92 Å². The van der Waals surface area contributed by atoms with E-state index in [0.29, 0.717) is 5.56 Å². The first-order valence-electron chi connectivity index (χ1n) is 7.64. The van der Waals surface area contributed by atoms with Gasteiger partial charge in [0.05, 0.1) is 11.3 Å². The predicted octanol–water partition coefficient (Wildman–Crippen LogP) is 2.05. The Morgan fingerprint density at radius 2 is 1.96 bits per heavy atom. The van der Waals surface area contributed by atoms with E-state index >= 15 is 0 Å². The molecule has 1 saturated heterocycles. The summed E-state index contributed by atoms with van der Waals surface area (Å²) in [4.78, 5) is 14.6. The van der Waals surface area contributed by atoms with Crippen LogP contribution in [0.25, 0.3) is 5.69 Å². The molecule has 3 rings (SSSR count). The van der Waals surface area contributed by atoms with Crippen molar-refractivity contribution in [2.75, 3.05) is 24.6 Å². The molecule has 1 aliphatic rings. The fraction of sp³-hybridized carbons (Fsp3) is 0.353. The van der Waals surface area contributed by atoms with Gasteiger partial charge < -0.3 is 9.64 Å². The molecule has 1 fully saturated rings. The number of carbonyl (C=O) groups is 1. The van der Waals surface area contributed by atoms with Crippen LogP contribution in [-0.2, 0) is 4.74 Å². The van der Waals surface area contributed by atoms with Crippen molar-refractivity contribution in [2.24, 2.45) is 0 Å². The van der Waals surface area contributed by atoms with Crippen LogP contribution >= 0.6 is 0 Å². The largest absolute Gasteiger partial charge is 0.449 e. The molecule has 0 spiro atoms. The molecule has 0 amide bonds. The number of piperidine rings is 1. The lowest BCUT2D eigenvalue weighted by Gasteiger charge is -2.30. The summed E-state index contributed by atoms with van der Waals surface area (Å²) in [5.41, 5.74) is 2.22. The van der Waals surface area contributed by atoms with Gasteiger partial charge in [-0.05, 0) is 37.5 Å². The number of hydrogen-bond donors (Lipinski definition) is 0. The van der Waals surface area contributed by atoms with Gasteiger partial charge in [-0.15, -0.1) is 16.6 Å². The highest BCUT2D eigenvalue weighted by Crippen LogP contribution is 2.27. The highest BCUT2D eigenvalue weighted by atomic mass is 16.5. The number of hydrogen-bond acceptors (Lipinski definition) is 5. The second-order valence-corrected chi connectivity index (χ2v) is 5.40. The molecule has 0 bridgehead atoms. The molecule has 0 saturated carbocycles. The van der Waals surface area contributed by atoms with E-state index in [4.69, 9.17) is 11.2 Å². The summed E-state index contributed by atoms with van der Waals surface area (Å²) < 4.78 is 6.89. The van der Waals surface area contributed by atoms with Crippen LogP contribution in [0.3, 0.4) is 0 Å². The van der Waals surface area contributed by atoms with E-state index in [0.717, 1.165) is 37.3 Å². The van der Waals surface area contributed by atoms with E-state index in [9.17, 15) is 4.79 Å². The van der Waals surface area contributed by atoms with Gasteiger partial charge >= 0.3 is 5.97 Å². The number of aromatic nitrogens is 3. The zero-order valence-electron chi connectivity index (χ0n) is 12.8. The zero-order valence-corrected chi connectivity index (χ0v) is 12.8. The smallest absolute Gasteiger partial charge is 0.341 e. The van der Waals surface area contributed by atoms with Crippen LogP contribution in [0, 0.1) is 12.3 Å². The van der Waals surface area contributed by atoms with Gasteiger partial charge in [-0.3, -0.25) is 4.57 Å². The van der Waals surface area contributed by atoms with Crippen LogP contribution < -0.4 is 4.90 Å². The van der Waals surface area contributed by atoms with Gasteiger partial charge in [0, 0.05) is 18.8 Å². The van der Waals surface area contributed by atoms with Crippen LogP contribution in [0.5, 0.6) is 0 Å². The van der Waals surface area contributed by atoms with Crippen LogP contribution in [0.1, 0.15) is 29.6 Å². The summed E-state index contributed by atoms with van der Waals surface area (Å²) >= 11 is 0. The molecule has 23 heavy (non-hydrogen) atoms. The normalized spacial score (nSPS) is 14.3. The number of anilines is 1. The Morgan fingerprint density at radius 1 is 1.22 bits per heavy atom. The molecule has 6 nitrogen and oxygen atoms in total. The zero-order chi connectivity index (χ0) is 16.1. The lowest BCUT2D eigenvalue weighted by Crippen LogP contribution is -2.31. The first kappa shape index (κ1) is 15.1. The summed E-state index contributed by atoms with van der Waals surface area (Å²) in [5, 5.41) is 7.59. The molecule has 0 N–H and O–H groups in total. The number of carbonyl (C=O) groups excluding carboxylic acids is 1. The van der Waals surface area contributed by atoms with Gasteiger partial charge in [-0.2, -0.15) is 0 Å². The first-order valence-corrected chi connectivity index (χ1v) is 7.64. The van der Waals surface area contributed by atoms with Crippen LogP contribution in [0.15, 0.2) is 30.9 Å². The van der Waals surface area contributed by atoms with Crippen molar-refractivity contribution in [1.29, 1.82) is 0 Å². The molecule has 0 aliphatic carbocycles. The Bertz CT molecular complexity index is 713. The molecule has 118 valence electrons. The Labute approximate surface area is 135 Å². The Kier molecular flexibility index (Phi) is 4.57. The summed E-state index contributed by atoms with van der Waals surface area (Å²) in [5.74, 6) is 1.92. The Balaban J connectivity index is 1.97. The maximum Gasteiger partial charge on any atom is 0.341 e. The summed E-state index contributed by atoms with van der Waals surface area (Å²) in [6.45, 7) is 1.86. The lowest BCUT2D eigenvalue weighted by molar-refractivity contribution is 0.0557. The second kappa shape index (κ2) is 6.97. The predicted molar refractivity (Wildman–Crippen MR) is 86.5 cm³/mol. The highest BCUT2D eigenvalue weighted by Gasteiger charge is 2.20. The van der Waals surface area contributed by atoms with Gasteiger partial charge in [0.15, 0.2) is 6.61 Å². The Morgan fingerprint density at radius 3 is 2.65 bits per heavy atom. The number of nitrogens with zero attached hydrogens (tertiary/aromatic N) is 4. The second-order valence-electron chi connectivity index (χ2n) is 5.40. The number of rotatable bonds is 4. The summed E-state index contributed by atoms with van der Waals surface area (Å²) in [7, 11) is 0. The van der Waals surface area contributed by atoms with Crippen molar-refractivity contribution in [3.63, 3.8) is 0 Å². The minimum absolute atomic E-state index is 0.0326. The van der Waals surface area contributed by atoms with E-state index in [-0.39, 0.29) is 6.61 Å². The van der Waals surface area contributed by atoms with Crippen LogP contribution in [0.2, 0.25) is 0 Å². The molecule has 0 unspecified atom stereocenters. The monoisotopic (exact) mass is 310 g/mol. The number of benzene rings is 1. The van der Waals surface area contributed by atoms with Crippen LogP contribution in [0.4, 0.5) is 5.69 Å². The fourth-order valence-corrected chi connectivity index (χ4v) is 2.78. The van der Waals surface area contributed by atoms with Crippen molar-refractivity contribution in [3.8, 4) is 18.0 Å². The molecule has 0 atom stereocenters. The molecule has 2 heterocycles. The van der Waals surface area contributed by atoms with Gasteiger partial charge in [0.2, 0.25) is 0 Å². The minimum Gasteiger partial charge on any atom is -0.449 e. The number of esters is 1. The van der Waals surface area contributed by atoms with E-state index in [1.165, 1.54) is 6.42 Å². The molecular formula is C17H18N4O2. The van der Waals surface area contributed by atoms with E-state index in [1.54, 1.807) is 23.3 Å². The molecule has 1 aromatic heterocycles. The number of terminal acetylenes is 1. The SMILES string of the molecule is C#CCOC(=O)c1cc(-n2cnnc2)ccc1N1CCCCC1. The third-order valence-electron chi connectivity index (χ3n) is 3.90. The molecule has 2 aromatic rings. The summed E-state index contributed by atoms with van der Waals surface area (Å²) in [6, 6.07) is 5.70. The van der Waals surface area contributed by atoms with E-state index in [2.05, 4.69) is 21.0 Å². The molecule has 6 heteroatoms. The van der Waals surface area contributed by atoms with Crippen molar-refractivity contribution < 1.29 is 9.53 Å². The number of ether oxygens (including phenoxy) is 1. The maximum atomic E-state index is 12.4. The molecular weight excluding hydrogens is 292 g/mol. The molecule has 1 aromatic carbocycles. The van der Waals surface area contributed by atoms with Gasteiger partial charge in [-0.25, -0.2) is 4.79 Å². The Hall–Kier alpha value is -2.81. The minimum atomic E-state index is -0.404. The van der Waals surface area contributed by atoms with Crippen LogP contribution in [-0.4, -0.2) is 40.4 Å². The standard InChI is InChI=1S/C17H18N4O2/c1-2-10-23-17(22)15-11-14(21-12-18-19-13-21)6-7-16(15)20-8-4-3-5-9-20/h1,6-7,11-13H,3-5,8-10H2. The van der Waals surface area contributed by atoms with E-state index in [1.807, 2.05) is 12.1 Å². The summed E-state index contributed by atoms with van der Waals surface area (Å²) in [6.07, 6.45) is 11.9. The van der Waals surface area contributed by atoms with Gasteiger partial charge in [0.1, 0.15) is 12.7 Å². The van der Waals surface area contributed by atoms with Crippen molar-refractivity contribution in [2.45, 2.75) is 19.3 Å². The average Bonchev–Trinajstić information content (AvgIpc) is 3.14. The highest BCUT2D eigenvalue weighted by molar-refractivity contribution is 5.96. The molecule has 1 aliphatic heterocycles. The average molecular weight is 310 g/mol. The first-order chi connectivity index (χ1) is 11.3. The topological polar surface area (TPSA) is 60.3 Å². The lowest BCUT2D eigenvalue weighted by atomic mass is 10.1. The third kappa shape index (κ3) is 3.34. The fourth-order valence-electron chi connectivity index (χ4n) is 2.78. The van der Waals surface area contributed by atoms with Crippen molar-refractivity contribution in [3.05, 3.63) is 36.4 Å². The van der Waals surface area contributed by atoms with Crippen molar-refractivity contribution >= 4 is 11.7 Å². The van der Waals surface area contributed by atoms with Gasteiger partial charge in [0.25, 0.3) is 0 Å². The third-order valence-corrected chi connectivity index (χ3v) is 3.90. The van der Waals surface area contributed by atoms with E-state index < -0.39 is 5.97 Å². The maximum absolute atomic E-state index is 12.4.